The van der Waals surface area contributed by atoms with Gasteiger partial charge >= 0.3 is 0 Å². The summed E-state index contributed by atoms with van der Waals surface area (Å²) in [5.41, 5.74) is 0. The lowest BCUT2D eigenvalue weighted by atomic mass is 9.87. The van der Waals surface area contributed by atoms with E-state index in [2.05, 4.69) is 34.3 Å². The molecule has 160 valence electrons. The molecule has 2 aliphatic heterocycles. The van der Waals surface area contributed by atoms with Gasteiger partial charge in [-0.2, -0.15) is 0 Å². The zero-order chi connectivity index (χ0) is 19.2. The smallest absolute Gasteiger partial charge is 0.194 e. The van der Waals surface area contributed by atoms with Crippen molar-refractivity contribution in [3.8, 4) is 0 Å². The van der Waals surface area contributed by atoms with E-state index in [9.17, 15) is 0 Å². The van der Waals surface area contributed by atoms with Gasteiger partial charge in [0.15, 0.2) is 11.8 Å². The van der Waals surface area contributed by atoms with E-state index in [0.29, 0.717) is 12.6 Å². The van der Waals surface area contributed by atoms with Gasteiger partial charge in [0, 0.05) is 33.3 Å². The summed E-state index contributed by atoms with van der Waals surface area (Å²) in [6.45, 7) is 11.1. The Morgan fingerprint density at radius 1 is 1.29 bits per heavy atom. The van der Waals surface area contributed by atoms with Crippen molar-refractivity contribution in [2.45, 2.75) is 65.5 Å². The van der Waals surface area contributed by atoms with Crippen molar-refractivity contribution >= 4 is 29.9 Å². The summed E-state index contributed by atoms with van der Waals surface area (Å²) >= 11 is 0. The molecular weight excluding hydrogens is 467 g/mol. The van der Waals surface area contributed by atoms with Crippen LogP contribution in [0.3, 0.4) is 0 Å². The molecule has 2 saturated heterocycles. The van der Waals surface area contributed by atoms with Gasteiger partial charge in [0.05, 0.1) is 6.10 Å². The van der Waals surface area contributed by atoms with E-state index in [1.54, 1.807) is 0 Å². The number of nitrogens with one attached hydrogen (secondary N) is 1. The van der Waals surface area contributed by atoms with Crippen LogP contribution in [0.15, 0.2) is 4.99 Å². The Labute approximate surface area is 186 Å². The van der Waals surface area contributed by atoms with E-state index < -0.39 is 0 Å². The van der Waals surface area contributed by atoms with Gasteiger partial charge in [-0.3, -0.25) is 0 Å². The third-order valence-corrected chi connectivity index (χ3v) is 6.30. The molecule has 7 nitrogen and oxygen atoms in total. The molecule has 1 aromatic rings. The van der Waals surface area contributed by atoms with Crippen molar-refractivity contribution in [1.29, 1.82) is 0 Å². The lowest BCUT2D eigenvalue weighted by molar-refractivity contribution is 0.113. The summed E-state index contributed by atoms with van der Waals surface area (Å²) < 4.78 is 7.79. The highest BCUT2D eigenvalue weighted by Crippen LogP contribution is 2.28. The summed E-state index contributed by atoms with van der Waals surface area (Å²) in [6.07, 6.45) is 6.41. The van der Waals surface area contributed by atoms with Crippen molar-refractivity contribution < 1.29 is 4.74 Å². The number of aryl methyl sites for hydroxylation is 1. The van der Waals surface area contributed by atoms with Crippen molar-refractivity contribution in [2.24, 2.45) is 23.9 Å². The minimum Gasteiger partial charge on any atom is -0.376 e. The van der Waals surface area contributed by atoms with Crippen molar-refractivity contribution in [1.82, 2.24) is 25.0 Å². The standard InChI is InChI=1S/C20H36N6O.HI/c1-5-16(6-2)17-9-10-26(14-17)20(21-12-18-8-7-11-27-18)22-13-19-24-23-15(3)25(19)4;/h16-18H,5-14H2,1-4H3,(H,21,22);1H. The minimum absolute atomic E-state index is 0. The predicted molar refractivity (Wildman–Crippen MR) is 123 cm³/mol. The molecule has 8 heteroatoms. The van der Waals surface area contributed by atoms with Crippen LogP contribution in [0.25, 0.3) is 0 Å². The Balaban J connectivity index is 0.00000280. The summed E-state index contributed by atoms with van der Waals surface area (Å²) in [7, 11) is 2.00. The maximum Gasteiger partial charge on any atom is 0.194 e. The second kappa shape index (κ2) is 11.3. The van der Waals surface area contributed by atoms with Crippen LogP contribution in [0.4, 0.5) is 0 Å². The second-order valence-electron chi connectivity index (χ2n) is 7.95. The van der Waals surface area contributed by atoms with Crippen molar-refractivity contribution in [2.75, 3.05) is 26.2 Å². The van der Waals surface area contributed by atoms with Crippen LogP contribution in [0.5, 0.6) is 0 Å². The molecule has 2 atom stereocenters. The van der Waals surface area contributed by atoms with Gasteiger partial charge in [-0.05, 0) is 38.0 Å². The molecule has 2 unspecified atom stereocenters. The molecule has 1 aromatic heterocycles. The lowest BCUT2D eigenvalue weighted by Crippen LogP contribution is -2.43. The third-order valence-electron chi connectivity index (χ3n) is 6.30. The first-order valence-electron chi connectivity index (χ1n) is 10.6. The Bertz CT molecular complexity index is 624. The summed E-state index contributed by atoms with van der Waals surface area (Å²) in [4.78, 5) is 7.34. The highest BCUT2D eigenvalue weighted by molar-refractivity contribution is 14.0. The highest BCUT2D eigenvalue weighted by atomic mass is 127. The molecule has 0 aromatic carbocycles. The molecule has 0 aliphatic carbocycles. The number of aliphatic imine (C=N–C) groups is 1. The topological polar surface area (TPSA) is 67.6 Å². The first kappa shape index (κ1) is 23.4. The van der Waals surface area contributed by atoms with E-state index in [0.717, 1.165) is 68.5 Å². The SMILES string of the molecule is CCC(CC)C1CCN(C(=NCc2nnc(C)n2C)NCC2CCCO2)C1.I. The number of rotatable bonds is 7. The summed E-state index contributed by atoms with van der Waals surface area (Å²) in [6, 6.07) is 0. The maximum absolute atomic E-state index is 5.78. The predicted octanol–water partition coefficient (Wildman–Crippen LogP) is 3.12. The van der Waals surface area contributed by atoms with Gasteiger partial charge in [-0.15, -0.1) is 34.2 Å². The fourth-order valence-electron chi connectivity index (χ4n) is 4.33. The molecule has 3 rings (SSSR count). The van der Waals surface area contributed by atoms with Gasteiger partial charge in [0.25, 0.3) is 0 Å². The van der Waals surface area contributed by atoms with E-state index in [-0.39, 0.29) is 24.0 Å². The molecule has 1 N–H and O–H groups in total. The molecular formula is C20H37IN6O. The number of ether oxygens (including phenoxy) is 1. The van der Waals surface area contributed by atoms with E-state index in [4.69, 9.17) is 9.73 Å². The minimum atomic E-state index is 0. The fraction of sp³-hybridized carbons (Fsp3) is 0.850. The monoisotopic (exact) mass is 504 g/mol. The molecule has 0 spiro atoms. The van der Waals surface area contributed by atoms with E-state index >= 15 is 0 Å². The first-order valence-corrected chi connectivity index (χ1v) is 10.6. The molecule has 0 radical (unpaired) electrons. The summed E-state index contributed by atoms with van der Waals surface area (Å²) in [5, 5.41) is 12.0. The largest absolute Gasteiger partial charge is 0.376 e. The van der Waals surface area contributed by atoms with Crippen LogP contribution in [0, 0.1) is 18.8 Å². The van der Waals surface area contributed by atoms with Gasteiger partial charge in [-0.1, -0.05) is 26.7 Å². The number of nitrogens with zero attached hydrogens (tertiary/aromatic N) is 5. The van der Waals surface area contributed by atoms with Crippen molar-refractivity contribution in [3.63, 3.8) is 0 Å². The lowest BCUT2D eigenvalue weighted by Gasteiger charge is -2.25. The van der Waals surface area contributed by atoms with Crippen LogP contribution < -0.4 is 5.32 Å². The molecule has 2 fully saturated rings. The Morgan fingerprint density at radius 3 is 2.68 bits per heavy atom. The number of hydrogen-bond acceptors (Lipinski definition) is 4. The van der Waals surface area contributed by atoms with Crippen LogP contribution in [0.2, 0.25) is 0 Å². The zero-order valence-electron chi connectivity index (χ0n) is 17.9. The molecule has 0 bridgehead atoms. The average molecular weight is 504 g/mol. The Morgan fingerprint density at radius 2 is 2.07 bits per heavy atom. The fourth-order valence-corrected chi connectivity index (χ4v) is 4.33. The van der Waals surface area contributed by atoms with Gasteiger partial charge in [0.1, 0.15) is 12.4 Å². The number of halogens is 1. The number of guanidine groups is 1. The highest BCUT2D eigenvalue weighted by Gasteiger charge is 2.30. The van der Waals surface area contributed by atoms with Crippen LogP contribution in [-0.4, -0.2) is 58.0 Å². The number of aromatic nitrogens is 3. The molecule has 28 heavy (non-hydrogen) atoms. The van der Waals surface area contributed by atoms with Crippen LogP contribution in [0.1, 0.15) is 57.6 Å². The van der Waals surface area contributed by atoms with Gasteiger partial charge in [-0.25, -0.2) is 4.99 Å². The quantitative estimate of drug-likeness (QED) is 0.351. The zero-order valence-corrected chi connectivity index (χ0v) is 20.2. The number of likely N-dealkylation sites (tertiary alicyclic amines) is 1. The number of hydrogen-bond donors (Lipinski definition) is 1. The second-order valence-corrected chi connectivity index (χ2v) is 7.95. The van der Waals surface area contributed by atoms with Gasteiger partial charge in [0.2, 0.25) is 0 Å². The van der Waals surface area contributed by atoms with Crippen molar-refractivity contribution in [3.05, 3.63) is 11.6 Å². The van der Waals surface area contributed by atoms with Crippen LogP contribution in [-0.2, 0) is 18.3 Å². The van der Waals surface area contributed by atoms with Gasteiger partial charge < -0.3 is 19.5 Å². The molecule has 3 heterocycles. The normalized spacial score (nSPS) is 22.8. The van der Waals surface area contributed by atoms with Crippen LogP contribution >= 0.6 is 24.0 Å². The molecule has 2 aliphatic rings. The van der Waals surface area contributed by atoms with E-state index in [1.807, 2.05) is 18.5 Å². The molecule has 0 amide bonds. The Kier molecular flexibility index (Phi) is 9.46. The first-order chi connectivity index (χ1) is 13.1. The van der Waals surface area contributed by atoms with E-state index in [1.165, 1.54) is 19.3 Å². The maximum atomic E-state index is 5.78. The summed E-state index contributed by atoms with van der Waals surface area (Å²) in [5.74, 6) is 4.41. The average Bonchev–Trinajstić information content (AvgIpc) is 3.41. The molecule has 0 saturated carbocycles. The Hall–Kier alpha value is -0.900. The third kappa shape index (κ3) is 5.81.